The van der Waals surface area contributed by atoms with Crippen LogP contribution < -0.4 is 10.6 Å². The number of nitrogens with one attached hydrogen (secondary N) is 2. The van der Waals surface area contributed by atoms with Crippen LogP contribution in [-0.2, 0) is 9.53 Å². The molecule has 7 heteroatoms. The van der Waals surface area contributed by atoms with Gasteiger partial charge in [-0.25, -0.2) is 0 Å². The first kappa shape index (κ1) is 17.5. The molecule has 0 radical (unpaired) electrons. The molecule has 1 amide bonds. The first-order valence-electron chi connectivity index (χ1n) is 6.71. The Morgan fingerprint density at radius 2 is 2.23 bits per heavy atom. The van der Waals surface area contributed by atoms with E-state index < -0.39 is 5.91 Å². The highest BCUT2D eigenvalue weighted by Crippen LogP contribution is 2.20. The van der Waals surface area contributed by atoms with Crippen LogP contribution in [-0.4, -0.2) is 42.5 Å². The zero-order valence-electron chi connectivity index (χ0n) is 12.3. The van der Waals surface area contributed by atoms with Crippen molar-refractivity contribution in [2.45, 2.75) is 6.92 Å². The van der Waals surface area contributed by atoms with E-state index in [2.05, 4.69) is 10.6 Å². The lowest BCUT2D eigenvalue weighted by atomic mass is 10.2. The molecule has 0 heterocycles. The van der Waals surface area contributed by atoms with E-state index in [0.29, 0.717) is 24.4 Å². The Morgan fingerprint density at radius 3 is 2.86 bits per heavy atom. The molecule has 118 valence electrons. The van der Waals surface area contributed by atoms with Gasteiger partial charge < -0.3 is 25.6 Å². The summed E-state index contributed by atoms with van der Waals surface area (Å²) in [4.78, 5) is 12.0. The lowest BCUT2D eigenvalue weighted by Crippen LogP contribution is -2.19. The fourth-order valence-electron chi connectivity index (χ4n) is 1.60. The van der Waals surface area contributed by atoms with Crippen LogP contribution >= 0.6 is 0 Å². The summed E-state index contributed by atoms with van der Waals surface area (Å²) in [5, 5.41) is 32.3. The highest BCUT2D eigenvalue weighted by atomic mass is 16.5. The van der Waals surface area contributed by atoms with Crippen LogP contribution in [0, 0.1) is 18.3 Å². The third-order valence-corrected chi connectivity index (χ3v) is 2.70. The van der Waals surface area contributed by atoms with Crippen LogP contribution in [0.15, 0.2) is 30.0 Å². The van der Waals surface area contributed by atoms with Crippen LogP contribution in [0.1, 0.15) is 5.56 Å². The van der Waals surface area contributed by atoms with Crippen LogP contribution in [0.25, 0.3) is 0 Å². The summed E-state index contributed by atoms with van der Waals surface area (Å²) in [7, 11) is 0. The lowest BCUT2D eigenvalue weighted by molar-refractivity contribution is -0.112. The molecule has 7 nitrogen and oxygen atoms in total. The van der Waals surface area contributed by atoms with Crippen molar-refractivity contribution in [1.29, 1.82) is 5.26 Å². The number of anilines is 1. The molecular weight excluding hydrogens is 286 g/mol. The second kappa shape index (κ2) is 9.39. The maximum Gasteiger partial charge on any atom is 0.267 e. The number of aliphatic hydroxyl groups is 1. The number of nitrogens with zero attached hydrogens (tertiary/aromatic N) is 1. The summed E-state index contributed by atoms with van der Waals surface area (Å²) in [5.41, 5.74) is 1.14. The first-order chi connectivity index (χ1) is 10.6. The summed E-state index contributed by atoms with van der Waals surface area (Å²) in [6.07, 6.45) is 1.31. The number of aliphatic hydroxyl groups excluding tert-OH is 1. The Balaban J connectivity index is 2.55. The fourth-order valence-corrected chi connectivity index (χ4v) is 1.60. The summed E-state index contributed by atoms with van der Waals surface area (Å²) in [5.74, 6) is -0.434. The monoisotopic (exact) mass is 305 g/mol. The number of amides is 1. The van der Waals surface area contributed by atoms with Gasteiger partial charge in [-0.15, -0.1) is 0 Å². The van der Waals surface area contributed by atoms with Crippen molar-refractivity contribution >= 4 is 11.6 Å². The molecule has 0 fully saturated rings. The lowest BCUT2D eigenvalue weighted by Gasteiger charge is -2.08. The molecule has 0 aliphatic carbocycles. The number of phenols is 1. The summed E-state index contributed by atoms with van der Waals surface area (Å²) >= 11 is 0. The molecule has 1 aromatic rings. The van der Waals surface area contributed by atoms with Crippen molar-refractivity contribution in [3.63, 3.8) is 0 Å². The zero-order chi connectivity index (χ0) is 16.4. The zero-order valence-corrected chi connectivity index (χ0v) is 12.3. The number of ether oxygens (including phenoxy) is 1. The topological polar surface area (TPSA) is 115 Å². The van der Waals surface area contributed by atoms with Gasteiger partial charge >= 0.3 is 0 Å². The molecule has 1 aromatic carbocycles. The normalized spacial score (nSPS) is 10.9. The molecule has 22 heavy (non-hydrogen) atoms. The van der Waals surface area contributed by atoms with Gasteiger partial charge in [0.15, 0.2) is 0 Å². The van der Waals surface area contributed by atoms with Crippen molar-refractivity contribution in [2.75, 3.05) is 31.7 Å². The fraction of sp³-hybridized carbons (Fsp3) is 0.333. The van der Waals surface area contributed by atoms with Crippen molar-refractivity contribution < 1.29 is 19.7 Å². The SMILES string of the molecule is Cc1cc(O)ccc1NC(=O)/C(C#N)=C\NCCOCCO. The number of hydrogen-bond acceptors (Lipinski definition) is 6. The number of aryl methyl sites for hydroxylation is 1. The van der Waals surface area contributed by atoms with E-state index in [0.717, 1.165) is 0 Å². The van der Waals surface area contributed by atoms with Gasteiger partial charge in [-0.05, 0) is 30.7 Å². The van der Waals surface area contributed by atoms with Gasteiger partial charge in [0.2, 0.25) is 0 Å². The maximum absolute atomic E-state index is 12.0. The van der Waals surface area contributed by atoms with Gasteiger partial charge in [-0.3, -0.25) is 4.79 Å². The number of carbonyl (C=O) groups excluding carboxylic acids is 1. The third kappa shape index (κ3) is 5.83. The second-order valence-electron chi connectivity index (χ2n) is 4.41. The van der Waals surface area contributed by atoms with Crippen LogP contribution in [0.3, 0.4) is 0 Å². The van der Waals surface area contributed by atoms with E-state index in [9.17, 15) is 9.90 Å². The number of benzene rings is 1. The Labute approximate surface area is 128 Å². The number of rotatable bonds is 8. The summed E-state index contributed by atoms with van der Waals surface area (Å²) in [6.45, 7) is 2.71. The number of hydrogen-bond donors (Lipinski definition) is 4. The molecule has 0 aliphatic rings. The van der Waals surface area contributed by atoms with Gasteiger partial charge in [0.05, 0.1) is 19.8 Å². The Kier molecular flexibility index (Phi) is 7.47. The molecule has 0 aromatic heterocycles. The maximum atomic E-state index is 12.0. The predicted octanol–water partition coefficient (Wildman–Crippen LogP) is 0.645. The standard InChI is InChI=1S/C15H19N3O4/c1-11-8-13(20)2-3-14(11)18-15(21)12(9-16)10-17-4-6-22-7-5-19/h2-3,8,10,17,19-20H,4-7H2,1H3,(H,18,21)/b12-10-. The van der Waals surface area contributed by atoms with E-state index in [1.54, 1.807) is 13.0 Å². The van der Waals surface area contributed by atoms with E-state index in [4.69, 9.17) is 15.1 Å². The highest BCUT2D eigenvalue weighted by Gasteiger charge is 2.10. The molecule has 0 unspecified atom stereocenters. The number of nitriles is 1. The van der Waals surface area contributed by atoms with E-state index in [1.807, 2.05) is 6.07 Å². The Bertz CT molecular complexity index is 579. The van der Waals surface area contributed by atoms with Crippen LogP contribution in [0.2, 0.25) is 0 Å². The average molecular weight is 305 g/mol. The van der Waals surface area contributed by atoms with Gasteiger partial charge in [-0.1, -0.05) is 0 Å². The van der Waals surface area contributed by atoms with Gasteiger partial charge in [-0.2, -0.15) is 5.26 Å². The van der Waals surface area contributed by atoms with Crippen molar-refractivity contribution in [1.82, 2.24) is 5.32 Å². The van der Waals surface area contributed by atoms with Crippen molar-refractivity contribution in [2.24, 2.45) is 0 Å². The van der Waals surface area contributed by atoms with Crippen molar-refractivity contribution in [3.8, 4) is 11.8 Å². The van der Waals surface area contributed by atoms with E-state index in [-0.39, 0.29) is 24.5 Å². The minimum atomic E-state index is -0.542. The molecule has 1 rings (SSSR count). The number of phenolic OH excluding ortho intramolecular Hbond substituents is 1. The largest absolute Gasteiger partial charge is 0.508 e. The van der Waals surface area contributed by atoms with Gasteiger partial charge in [0.25, 0.3) is 5.91 Å². The van der Waals surface area contributed by atoms with E-state index in [1.165, 1.54) is 18.3 Å². The third-order valence-electron chi connectivity index (χ3n) is 2.70. The number of carbonyl (C=O) groups is 1. The molecule has 0 saturated heterocycles. The molecule has 0 aliphatic heterocycles. The average Bonchev–Trinajstić information content (AvgIpc) is 2.49. The number of aromatic hydroxyl groups is 1. The molecular formula is C15H19N3O4. The van der Waals surface area contributed by atoms with Crippen LogP contribution in [0.4, 0.5) is 5.69 Å². The van der Waals surface area contributed by atoms with Crippen LogP contribution in [0.5, 0.6) is 5.75 Å². The minimum absolute atomic E-state index is 0.0479. The van der Waals surface area contributed by atoms with Gasteiger partial charge in [0.1, 0.15) is 17.4 Å². The Morgan fingerprint density at radius 1 is 1.45 bits per heavy atom. The first-order valence-corrected chi connectivity index (χ1v) is 6.71. The minimum Gasteiger partial charge on any atom is -0.508 e. The smallest absolute Gasteiger partial charge is 0.267 e. The molecule has 0 saturated carbocycles. The summed E-state index contributed by atoms with van der Waals surface area (Å²) < 4.78 is 5.03. The molecule has 0 atom stereocenters. The second-order valence-corrected chi connectivity index (χ2v) is 4.41. The quantitative estimate of drug-likeness (QED) is 0.242. The molecule has 0 spiro atoms. The highest BCUT2D eigenvalue weighted by molar-refractivity contribution is 6.06. The summed E-state index contributed by atoms with van der Waals surface area (Å²) in [6, 6.07) is 6.34. The van der Waals surface area contributed by atoms with Crippen molar-refractivity contribution in [3.05, 3.63) is 35.5 Å². The van der Waals surface area contributed by atoms with Gasteiger partial charge in [0, 0.05) is 18.4 Å². The predicted molar refractivity (Wildman–Crippen MR) is 81.1 cm³/mol. The Hall–Kier alpha value is -2.56. The van der Waals surface area contributed by atoms with E-state index >= 15 is 0 Å². The molecule has 0 bridgehead atoms. The molecule has 4 N–H and O–H groups in total.